The number of hydrogen-bond acceptors (Lipinski definition) is 7. The highest BCUT2D eigenvalue weighted by Crippen LogP contribution is 2.41. The first-order valence-corrected chi connectivity index (χ1v) is 18.4. The summed E-state index contributed by atoms with van der Waals surface area (Å²) in [6.45, 7) is 0.178. The molecule has 8 nitrogen and oxygen atoms in total. The second-order valence-electron chi connectivity index (χ2n) is 11.5. The number of benzene rings is 5. The number of amides is 2. The molecule has 1 aromatic heterocycles. The smallest absolute Gasteiger partial charge is 0.404 e. The zero-order chi connectivity index (χ0) is 38.3. The second kappa shape index (κ2) is 17.2. The summed E-state index contributed by atoms with van der Waals surface area (Å²) >= 11 is 34.7. The van der Waals surface area contributed by atoms with E-state index in [1.807, 2.05) is 109 Å². The van der Waals surface area contributed by atoms with Crippen LogP contribution >= 0.6 is 69.6 Å². The van der Waals surface area contributed by atoms with E-state index in [-0.39, 0.29) is 29.8 Å². The summed E-state index contributed by atoms with van der Waals surface area (Å²) in [5.41, 5.74) is 5.36. The lowest BCUT2D eigenvalue weighted by molar-refractivity contribution is -0.123. The van der Waals surface area contributed by atoms with E-state index in [0.717, 1.165) is 33.1 Å². The van der Waals surface area contributed by atoms with Gasteiger partial charge in [-0.15, -0.1) is 0 Å². The molecule has 2 heterocycles. The minimum atomic E-state index is -1.85. The molecule has 1 saturated heterocycles. The van der Waals surface area contributed by atoms with E-state index in [0.29, 0.717) is 5.56 Å². The Morgan fingerprint density at radius 1 is 0.574 bits per heavy atom. The maximum atomic E-state index is 12.8. The number of aromatic nitrogens is 3. The highest BCUT2D eigenvalue weighted by Gasteiger charge is 2.36. The van der Waals surface area contributed by atoms with Crippen molar-refractivity contribution in [2.24, 2.45) is 0 Å². The molecule has 14 heteroatoms. The van der Waals surface area contributed by atoms with E-state index in [1.165, 1.54) is 0 Å². The minimum Gasteiger partial charge on any atom is -0.404 e. The molecule has 1 aliphatic rings. The van der Waals surface area contributed by atoms with Gasteiger partial charge < -0.3 is 9.64 Å². The summed E-state index contributed by atoms with van der Waals surface area (Å²) in [4.78, 5) is 40.4. The average Bonchev–Trinajstić information content (AvgIpc) is 3.43. The normalized spacial score (nSPS) is 13.7. The number of imide groups is 1. The van der Waals surface area contributed by atoms with Gasteiger partial charge in [0.05, 0.1) is 6.54 Å². The molecule has 272 valence electrons. The van der Waals surface area contributed by atoms with Gasteiger partial charge in [0, 0.05) is 22.6 Å². The first-order valence-electron chi connectivity index (χ1n) is 16.1. The zero-order valence-corrected chi connectivity index (χ0v) is 32.4. The Bertz CT molecular complexity index is 2160. The van der Waals surface area contributed by atoms with Crippen LogP contribution < -0.4 is 4.90 Å². The third kappa shape index (κ3) is 9.89. The summed E-state index contributed by atoms with van der Waals surface area (Å²) in [5.74, 6) is -0.386. The fourth-order valence-electron chi connectivity index (χ4n) is 5.22. The largest absolute Gasteiger partial charge is 0.422 e. The van der Waals surface area contributed by atoms with Crippen molar-refractivity contribution in [3.05, 3.63) is 174 Å². The van der Waals surface area contributed by atoms with Crippen LogP contribution in [0.25, 0.3) is 17.5 Å². The Hall–Kier alpha value is -4.67. The van der Waals surface area contributed by atoms with Crippen LogP contribution in [-0.2, 0) is 23.7 Å². The molecule has 0 aliphatic carbocycles. The number of carbonyl (C=O) groups excluding carboxylic acids is 2. The number of cyclic esters (lactones) is 1. The van der Waals surface area contributed by atoms with Gasteiger partial charge in [-0.05, 0) is 53.6 Å². The Labute approximate surface area is 341 Å². The minimum absolute atomic E-state index is 0.0247. The van der Waals surface area contributed by atoms with E-state index in [1.54, 1.807) is 18.2 Å². The van der Waals surface area contributed by atoms with Gasteiger partial charge in [-0.25, -0.2) is 24.6 Å². The fourth-order valence-corrected chi connectivity index (χ4v) is 5.73. The molecule has 2 amide bonds. The Kier molecular flexibility index (Phi) is 12.4. The lowest BCUT2D eigenvalue weighted by Crippen LogP contribution is -2.28. The van der Waals surface area contributed by atoms with Gasteiger partial charge in [0.1, 0.15) is 0 Å². The zero-order valence-electron chi connectivity index (χ0n) is 27.9. The molecule has 0 saturated carbocycles. The molecular weight excluding hydrogens is 811 g/mol. The number of alkyl halides is 6. The van der Waals surface area contributed by atoms with Gasteiger partial charge in [-0.2, -0.15) is 0 Å². The van der Waals surface area contributed by atoms with Gasteiger partial charge >= 0.3 is 6.09 Å². The molecule has 5 aromatic carbocycles. The van der Waals surface area contributed by atoms with Crippen LogP contribution in [0.1, 0.15) is 22.8 Å². The molecule has 6 aromatic rings. The molecule has 0 unspecified atom stereocenters. The van der Waals surface area contributed by atoms with Crippen LogP contribution in [-0.4, -0.2) is 31.9 Å². The fraction of sp³-hybridized carbons (Fsp3) is 0.0750. The van der Waals surface area contributed by atoms with Crippen LogP contribution in [0.2, 0.25) is 0 Å². The van der Waals surface area contributed by atoms with Crippen LogP contribution in [0.5, 0.6) is 0 Å². The standard InChI is InChI=1S/C29H22N2O3.C11H5Cl6N3/c32-28-27(34-29(33)30(28)21-23-10-4-1-5-11-23)20-22-16-18-26(19-17-22)31(24-12-6-2-7-13-24)25-14-8-3-9-15-25;12-10(13,14)8-18-7(6-4-2-1-3-5-6)19-9(20-8)11(15,16)17/h1-20H,21H2;1-5H/b27-20+;. The number of rotatable bonds is 7. The van der Waals surface area contributed by atoms with Crippen LogP contribution in [0.15, 0.2) is 151 Å². The molecule has 7 rings (SSSR count). The van der Waals surface area contributed by atoms with Gasteiger partial charge in [-0.3, -0.25) is 4.79 Å². The molecule has 0 atom stereocenters. The van der Waals surface area contributed by atoms with Crippen molar-refractivity contribution in [3.8, 4) is 11.4 Å². The molecule has 0 spiro atoms. The summed E-state index contributed by atoms with van der Waals surface area (Å²) in [7, 11) is 0. The predicted octanol–water partition coefficient (Wildman–Crippen LogP) is 11.9. The summed E-state index contributed by atoms with van der Waals surface area (Å²) in [6, 6.07) is 46.4. The first-order chi connectivity index (χ1) is 25.9. The molecule has 0 N–H and O–H groups in total. The lowest BCUT2D eigenvalue weighted by atomic mass is 10.1. The third-order valence-corrected chi connectivity index (χ3v) is 8.72. The van der Waals surface area contributed by atoms with E-state index in [2.05, 4.69) is 44.1 Å². The van der Waals surface area contributed by atoms with Gasteiger partial charge in [0.25, 0.3) is 5.91 Å². The summed E-state index contributed by atoms with van der Waals surface area (Å²) < 4.78 is 1.57. The number of hydrogen-bond donors (Lipinski definition) is 0. The van der Waals surface area contributed by atoms with Crippen molar-refractivity contribution in [2.45, 2.75) is 14.1 Å². The van der Waals surface area contributed by atoms with E-state index >= 15 is 0 Å². The van der Waals surface area contributed by atoms with Crippen molar-refractivity contribution >= 4 is 105 Å². The third-order valence-electron chi connectivity index (χ3n) is 7.71. The topological polar surface area (TPSA) is 88.5 Å². The van der Waals surface area contributed by atoms with Crippen molar-refractivity contribution < 1.29 is 14.3 Å². The number of para-hydroxylation sites is 2. The summed E-state index contributed by atoms with van der Waals surface area (Å²) in [5, 5.41) is 0. The van der Waals surface area contributed by atoms with E-state index < -0.39 is 19.6 Å². The second-order valence-corrected chi connectivity index (χ2v) is 16.1. The van der Waals surface area contributed by atoms with Crippen molar-refractivity contribution in [1.29, 1.82) is 0 Å². The molecule has 1 fully saturated rings. The summed E-state index contributed by atoms with van der Waals surface area (Å²) in [6.07, 6.45) is 0.945. The van der Waals surface area contributed by atoms with Gasteiger partial charge in [0.2, 0.25) is 7.59 Å². The number of carbonyl (C=O) groups is 2. The van der Waals surface area contributed by atoms with Gasteiger partial charge in [-0.1, -0.05) is 179 Å². The molecule has 0 bridgehead atoms. The van der Waals surface area contributed by atoms with Crippen LogP contribution in [0, 0.1) is 0 Å². The SMILES string of the molecule is ClC(Cl)(Cl)c1nc(-c2ccccc2)nc(C(Cl)(Cl)Cl)n1.O=C1O/C(=C/c2ccc(N(c3ccccc3)c3ccccc3)cc2)C(=O)N1Cc1ccccc1. The molecule has 1 aliphatic heterocycles. The molecular formula is C40H27Cl6N5O3. The quantitative estimate of drug-likeness (QED) is 0.117. The predicted molar refractivity (Wildman–Crippen MR) is 216 cm³/mol. The number of nitrogens with zero attached hydrogens (tertiary/aromatic N) is 5. The van der Waals surface area contributed by atoms with Crippen LogP contribution in [0.4, 0.5) is 21.9 Å². The highest BCUT2D eigenvalue weighted by molar-refractivity contribution is 6.67. The number of ether oxygens (including phenoxy) is 1. The van der Waals surface area contributed by atoms with Crippen molar-refractivity contribution in [3.63, 3.8) is 0 Å². The molecule has 54 heavy (non-hydrogen) atoms. The van der Waals surface area contributed by atoms with Crippen LogP contribution in [0.3, 0.4) is 0 Å². The average molecular weight is 838 g/mol. The van der Waals surface area contributed by atoms with Crippen molar-refractivity contribution in [2.75, 3.05) is 4.90 Å². The highest BCUT2D eigenvalue weighted by atomic mass is 35.6. The van der Waals surface area contributed by atoms with Gasteiger partial charge in [0.15, 0.2) is 23.2 Å². The maximum Gasteiger partial charge on any atom is 0.422 e. The van der Waals surface area contributed by atoms with E-state index in [4.69, 9.17) is 74.3 Å². The monoisotopic (exact) mass is 835 g/mol. The Balaban J connectivity index is 0.000000212. The Morgan fingerprint density at radius 2 is 1.02 bits per heavy atom. The maximum absolute atomic E-state index is 12.8. The Morgan fingerprint density at radius 3 is 1.50 bits per heavy atom. The number of halogens is 6. The lowest BCUT2D eigenvalue weighted by Gasteiger charge is -2.25. The first kappa shape index (κ1) is 39.0. The molecule has 0 radical (unpaired) electrons. The number of anilines is 3. The van der Waals surface area contributed by atoms with Crippen molar-refractivity contribution in [1.82, 2.24) is 19.9 Å². The van der Waals surface area contributed by atoms with E-state index in [9.17, 15) is 9.59 Å².